The molecule has 0 atom stereocenters. The highest BCUT2D eigenvalue weighted by Gasteiger charge is 2.32. The van der Waals surface area contributed by atoms with Crippen LogP contribution in [0.15, 0.2) is 12.3 Å². The van der Waals surface area contributed by atoms with Crippen molar-refractivity contribution in [1.82, 2.24) is 19.7 Å². The number of likely N-dealkylation sites (tertiary alicyclic amines) is 1. The first-order valence-electron chi connectivity index (χ1n) is 12.7. The van der Waals surface area contributed by atoms with Crippen LogP contribution in [0.25, 0.3) is 0 Å². The highest BCUT2D eigenvalue weighted by atomic mass is 16.6. The summed E-state index contributed by atoms with van der Waals surface area (Å²) < 4.78 is 12.7. The minimum atomic E-state index is -0.791. The minimum absolute atomic E-state index is 0.0513. The fourth-order valence-electron chi connectivity index (χ4n) is 4.27. The summed E-state index contributed by atoms with van der Waals surface area (Å²) in [6.07, 6.45) is 2.59. The van der Waals surface area contributed by atoms with Crippen molar-refractivity contribution in [3.05, 3.63) is 34.8 Å². The molecule has 1 aliphatic heterocycles. The number of aromatic nitrogens is 3. The Labute approximate surface area is 221 Å². The number of Topliss-reactive ketones (excluding diaryl/α,β-unsaturated/α-hetero) is 1. The van der Waals surface area contributed by atoms with E-state index in [0.717, 1.165) is 0 Å². The lowest BCUT2D eigenvalue weighted by atomic mass is 10.0. The molecule has 3 rings (SSSR count). The zero-order valence-corrected chi connectivity index (χ0v) is 22.8. The van der Waals surface area contributed by atoms with E-state index in [1.54, 1.807) is 16.5 Å². The van der Waals surface area contributed by atoms with Gasteiger partial charge in [0.15, 0.2) is 11.5 Å². The van der Waals surface area contributed by atoms with E-state index in [-0.39, 0.29) is 52.9 Å². The van der Waals surface area contributed by atoms with Gasteiger partial charge in [-0.2, -0.15) is 5.10 Å². The lowest BCUT2D eigenvalue weighted by Crippen LogP contribution is -2.42. The van der Waals surface area contributed by atoms with Crippen molar-refractivity contribution in [3.8, 4) is 5.88 Å². The highest BCUT2D eigenvalue weighted by Crippen LogP contribution is 2.31. The lowest BCUT2D eigenvalue weighted by molar-refractivity contribution is 0.0184. The second-order valence-electron chi connectivity index (χ2n) is 10.1. The number of pyridine rings is 1. The van der Waals surface area contributed by atoms with E-state index in [2.05, 4.69) is 15.4 Å². The molecule has 2 aromatic heterocycles. The van der Waals surface area contributed by atoms with Crippen LogP contribution in [0.2, 0.25) is 0 Å². The number of piperidine rings is 1. The van der Waals surface area contributed by atoms with Crippen molar-refractivity contribution in [3.63, 3.8) is 0 Å². The maximum atomic E-state index is 13.4. The van der Waals surface area contributed by atoms with Crippen molar-refractivity contribution in [2.24, 2.45) is 5.73 Å². The van der Waals surface area contributed by atoms with E-state index in [0.29, 0.717) is 38.0 Å². The fourth-order valence-corrected chi connectivity index (χ4v) is 4.27. The second-order valence-corrected chi connectivity index (χ2v) is 10.1. The van der Waals surface area contributed by atoms with Gasteiger partial charge in [0.25, 0.3) is 11.8 Å². The first-order chi connectivity index (χ1) is 17.9. The van der Waals surface area contributed by atoms with Gasteiger partial charge in [0.2, 0.25) is 5.88 Å². The summed E-state index contributed by atoms with van der Waals surface area (Å²) >= 11 is 0. The Hall–Kier alpha value is -3.96. The van der Waals surface area contributed by atoms with Crippen molar-refractivity contribution in [2.75, 3.05) is 25.0 Å². The van der Waals surface area contributed by atoms with Gasteiger partial charge in [-0.3, -0.25) is 19.1 Å². The molecule has 12 nitrogen and oxygen atoms in total. The molecule has 0 saturated carbocycles. The second kappa shape index (κ2) is 11.6. The zero-order valence-electron chi connectivity index (χ0n) is 22.8. The first-order valence-corrected chi connectivity index (χ1v) is 12.7. The molecule has 38 heavy (non-hydrogen) atoms. The molecule has 1 fully saturated rings. The molecule has 3 N–H and O–H groups in total. The molecule has 0 radical (unpaired) electrons. The van der Waals surface area contributed by atoms with Crippen LogP contribution in [0.5, 0.6) is 5.88 Å². The highest BCUT2D eigenvalue weighted by molar-refractivity contribution is 6.10. The molecule has 0 aliphatic carbocycles. The summed E-state index contributed by atoms with van der Waals surface area (Å²) in [4.78, 5) is 55.8. The maximum Gasteiger partial charge on any atom is 0.410 e. The Morgan fingerprint density at radius 1 is 1.16 bits per heavy atom. The third kappa shape index (κ3) is 6.48. The number of carbonyl (C=O) groups is 4. The van der Waals surface area contributed by atoms with Crippen molar-refractivity contribution < 1.29 is 28.7 Å². The number of nitrogens with one attached hydrogen (secondary N) is 1. The van der Waals surface area contributed by atoms with E-state index < -0.39 is 17.4 Å². The van der Waals surface area contributed by atoms with E-state index in [4.69, 9.17) is 15.2 Å². The summed E-state index contributed by atoms with van der Waals surface area (Å²) in [5, 5.41) is 7.24. The molecule has 1 aliphatic rings. The molecule has 3 amide bonds. The summed E-state index contributed by atoms with van der Waals surface area (Å²) in [5.74, 6) is -1.59. The van der Waals surface area contributed by atoms with Gasteiger partial charge in [0, 0.05) is 24.8 Å². The number of ether oxygens (including phenoxy) is 2. The van der Waals surface area contributed by atoms with Crippen LogP contribution >= 0.6 is 0 Å². The number of nitrogens with zero attached hydrogens (tertiary/aromatic N) is 4. The van der Waals surface area contributed by atoms with Gasteiger partial charge in [-0.1, -0.05) is 6.92 Å². The largest absolute Gasteiger partial charge is 0.477 e. The molecule has 1 saturated heterocycles. The Bertz CT molecular complexity index is 1220. The van der Waals surface area contributed by atoms with Crippen LogP contribution in [0, 0.1) is 0 Å². The van der Waals surface area contributed by atoms with Gasteiger partial charge in [0.05, 0.1) is 24.0 Å². The van der Waals surface area contributed by atoms with Gasteiger partial charge < -0.3 is 25.4 Å². The molecule has 0 unspecified atom stereocenters. The average Bonchev–Trinajstić information content (AvgIpc) is 3.21. The lowest BCUT2D eigenvalue weighted by Gasteiger charge is -2.34. The van der Waals surface area contributed by atoms with E-state index in [1.165, 1.54) is 19.2 Å². The van der Waals surface area contributed by atoms with Gasteiger partial charge in [-0.15, -0.1) is 0 Å². The number of carbonyl (C=O) groups excluding carboxylic acids is 4. The predicted octanol–water partition coefficient (Wildman–Crippen LogP) is 3.37. The predicted molar refractivity (Wildman–Crippen MR) is 140 cm³/mol. The fraction of sp³-hybridized carbons (Fsp3) is 0.538. The number of ketones is 1. The third-order valence-electron chi connectivity index (χ3n) is 6.06. The van der Waals surface area contributed by atoms with E-state index in [9.17, 15) is 19.2 Å². The van der Waals surface area contributed by atoms with Crippen LogP contribution in [-0.2, 0) is 11.2 Å². The van der Waals surface area contributed by atoms with Gasteiger partial charge in [-0.25, -0.2) is 9.78 Å². The Kier molecular flexibility index (Phi) is 8.74. The minimum Gasteiger partial charge on any atom is -0.477 e. The van der Waals surface area contributed by atoms with Crippen molar-refractivity contribution >= 4 is 29.4 Å². The van der Waals surface area contributed by atoms with Crippen LogP contribution in [0.1, 0.15) is 97.3 Å². The molecule has 2 aromatic rings. The third-order valence-corrected chi connectivity index (χ3v) is 6.06. The van der Waals surface area contributed by atoms with Crippen LogP contribution in [0.3, 0.4) is 0 Å². The topological polar surface area (TPSA) is 159 Å². The number of nitrogens with two attached hydrogens (primary N) is 1. The standard InChI is InChI=1S/C26H36N6O6/c1-7-19-20(29-23(35)18-13-16(15(3)33)14-28-24(18)37-8-2)21(22(27)34)30-32(19)17-9-11-31(12-10-17)25(36)38-26(4,5)6/h13-14,17H,7-12H2,1-6H3,(H2,27,34)(H,29,35). The van der Waals surface area contributed by atoms with E-state index in [1.807, 2.05) is 27.7 Å². The first kappa shape index (κ1) is 28.6. The normalized spacial score (nSPS) is 14.2. The van der Waals surface area contributed by atoms with E-state index >= 15 is 0 Å². The van der Waals surface area contributed by atoms with Crippen LogP contribution in [0.4, 0.5) is 10.5 Å². The van der Waals surface area contributed by atoms with Crippen molar-refractivity contribution in [2.45, 2.75) is 72.4 Å². The van der Waals surface area contributed by atoms with Crippen molar-refractivity contribution in [1.29, 1.82) is 0 Å². The molecule has 12 heteroatoms. The van der Waals surface area contributed by atoms with Crippen LogP contribution in [-0.4, -0.2) is 68.7 Å². The summed E-state index contributed by atoms with van der Waals surface area (Å²) in [6, 6.07) is 1.29. The quantitative estimate of drug-likeness (QED) is 0.494. The molecular formula is C26H36N6O6. The number of amides is 3. The average molecular weight is 529 g/mol. The summed E-state index contributed by atoms with van der Waals surface area (Å²) in [6.45, 7) is 11.6. The Morgan fingerprint density at radius 3 is 2.34 bits per heavy atom. The molecule has 0 bridgehead atoms. The monoisotopic (exact) mass is 528 g/mol. The zero-order chi connectivity index (χ0) is 28.2. The summed E-state index contributed by atoms with van der Waals surface area (Å²) in [7, 11) is 0. The number of rotatable bonds is 8. The smallest absolute Gasteiger partial charge is 0.410 e. The molecule has 3 heterocycles. The summed E-state index contributed by atoms with van der Waals surface area (Å²) in [5.41, 5.74) is 6.11. The SMILES string of the molecule is CCOc1ncc(C(C)=O)cc1C(=O)Nc1c(C(N)=O)nn(C2CCN(C(=O)OC(C)(C)C)CC2)c1CC. The van der Waals surface area contributed by atoms with Gasteiger partial charge in [0.1, 0.15) is 11.2 Å². The number of anilines is 1. The van der Waals surface area contributed by atoms with Crippen LogP contribution < -0.4 is 15.8 Å². The number of hydrogen-bond donors (Lipinski definition) is 2. The Balaban J connectivity index is 1.90. The maximum absolute atomic E-state index is 13.4. The molecule has 0 spiro atoms. The molecular weight excluding hydrogens is 492 g/mol. The van der Waals surface area contributed by atoms with Gasteiger partial charge in [-0.05, 0) is 59.9 Å². The number of primary amides is 1. The Morgan fingerprint density at radius 2 is 1.82 bits per heavy atom. The molecule has 206 valence electrons. The van der Waals surface area contributed by atoms with Gasteiger partial charge >= 0.3 is 6.09 Å². The number of hydrogen-bond acceptors (Lipinski definition) is 8. The molecule has 0 aromatic carbocycles.